The molecule has 2 unspecified atom stereocenters. The number of aryl methyl sites for hydroxylation is 1. The summed E-state index contributed by atoms with van der Waals surface area (Å²) in [5.74, 6) is -2.04. The van der Waals surface area contributed by atoms with Crippen LogP contribution in [0.3, 0.4) is 0 Å². The molecule has 11 rings (SSSR count). The molecule has 4 fully saturated rings. The number of rotatable bonds is 11. The number of anilines is 4. The molecule has 5 aliphatic rings. The van der Waals surface area contributed by atoms with Crippen molar-refractivity contribution in [3.63, 3.8) is 0 Å². The first-order valence-corrected chi connectivity index (χ1v) is 24.2. The molecule has 0 aliphatic carbocycles. The number of nitrogens with zero attached hydrogens (tertiary/aromatic N) is 8. The molecule has 5 aliphatic heterocycles. The molecule has 19 heteroatoms. The molecule has 6 aromatic rings. The molecule has 4 N–H and O–H groups in total. The molecule has 0 bridgehead atoms. The maximum atomic E-state index is 15.9. The molecule has 0 radical (unpaired) electrons. The monoisotopic (exact) mass is 943 g/mol. The Kier molecular flexibility index (Phi) is 11.2. The molecular weight excluding hydrogens is 893 g/mol. The largest absolute Gasteiger partial charge is 0.389 e. The van der Waals surface area contributed by atoms with E-state index >= 15 is 8.78 Å². The molecular formula is C49H51F2N11O5S. The molecule has 3 aromatic carbocycles. The van der Waals surface area contributed by atoms with Crippen LogP contribution in [-0.2, 0) is 32.1 Å². The van der Waals surface area contributed by atoms with Gasteiger partial charge in [-0.2, -0.15) is 5.10 Å². The first-order chi connectivity index (χ1) is 32.9. The summed E-state index contributed by atoms with van der Waals surface area (Å²) < 4.78 is 34.7. The first kappa shape index (κ1) is 43.8. The van der Waals surface area contributed by atoms with Crippen LogP contribution < -0.4 is 25.8 Å². The highest BCUT2D eigenvalue weighted by Crippen LogP contribution is 2.44. The Labute approximate surface area is 394 Å². The Bertz CT molecular complexity index is 2910. The second-order valence-corrected chi connectivity index (χ2v) is 20.0. The normalized spacial score (nSPS) is 20.3. The zero-order valence-electron chi connectivity index (χ0n) is 37.3. The number of hydrogen-bond donors (Lipinski definition) is 4. The van der Waals surface area contributed by atoms with Crippen LogP contribution in [0, 0.1) is 17.0 Å². The highest BCUT2D eigenvalue weighted by molar-refractivity contribution is 7.13. The number of likely N-dealkylation sites (tertiary alicyclic amines) is 1. The van der Waals surface area contributed by atoms with Crippen molar-refractivity contribution < 1.29 is 33.1 Å². The molecule has 2 atom stereocenters. The van der Waals surface area contributed by atoms with Gasteiger partial charge in [-0.25, -0.2) is 18.7 Å². The predicted molar refractivity (Wildman–Crippen MR) is 252 cm³/mol. The third kappa shape index (κ3) is 8.46. The van der Waals surface area contributed by atoms with Gasteiger partial charge in [0.15, 0.2) is 11.2 Å². The zero-order chi connectivity index (χ0) is 46.7. The second-order valence-electron chi connectivity index (χ2n) is 19.1. The first-order valence-electron chi connectivity index (χ1n) is 23.3. The average Bonchev–Trinajstić information content (AvgIpc) is 4.15. The second kappa shape index (κ2) is 17.4. The van der Waals surface area contributed by atoms with Crippen molar-refractivity contribution in [1.82, 2.24) is 34.5 Å². The predicted octanol–water partition coefficient (Wildman–Crippen LogP) is 5.88. The van der Waals surface area contributed by atoms with Gasteiger partial charge in [0.1, 0.15) is 17.7 Å². The third-order valence-electron chi connectivity index (χ3n) is 14.7. The Morgan fingerprint density at radius 2 is 1.69 bits per heavy atom. The van der Waals surface area contributed by atoms with Crippen molar-refractivity contribution in [3.05, 3.63) is 102 Å². The van der Waals surface area contributed by atoms with Crippen LogP contribution in [0.25, 0.3) is 22.0 Å². The highest BCUT2D eigenvalue weighted by atomic mass is 32.1. The molecule has 0 saturated carbocycles. The fraction of sp³-hybridized carbons (Fsp3) is 0.408. The third-order valence-corrected chi connectivity index (χ3v) is 15.3. The number of amides is 4. The van der Waals surface area contributed by atoms with E-state index in [0.717, 1.165) is 62.3 Å². The topological polar surface area (TPSA) is 183 Å². The fourth-order valence-corrected chi connectivity index (χ4v) is 11.3. The van der Waals surface area contributed by atoms with E-state index in [1.165, 1.54) is 28.2 Å². The molecule has 68 heavy (non-hydrogen) atoms. The number of piperidine rings is 3. The van der Waals surface area contributed by atoms with E-state index in [1.807, 2.05) is 28.0 Å². The van der Waals surface area contributed by atoms with Gasteiger partial charge in [-0.3, -0.25) is 34.5 Å². The molecule has 3 aromatic heterocycles. The van der Waals surface area contributed by atoms with Crippen LogP contribution in [0.15, 0.2) is 78.7 Å². The molecule has 8 heterocycles. The van der Waals surface area contributed by atoms with Crippen molar-refractivity contribution in [2.75, 3.05) is 59.7 Å². The van der Waals surface area contributed by atoms with E-state index in [4.69, 9.17) is 5.10 Å². The number of thiazole rings is 1. The minimum absolute atomic E-state index is 0.0287. The fourth-order valence-electron chi connectivity index (χ4n) is 10.7. The van der Waals surface area contributed by atoms with Crippen LogP contribution in [0.4, 0.5) is 31.0 Å². The number of aliphatic hydroxyl groups is 1. The van der Waals surface area contributed by atoms with Crippen molar-refractivity contribution in [3.8, 4) is 11.1 Å². The lowest BCUT2D eigenvalue weighted by Gasteiger charge is -2.55. The number of nitrogens with one attached hydrogen (secondary N) is 3. The molecule has 4 amide bonds. The van der Waals surface area contributed by atoms with Crippen LogP contribution in [0.5, 0.6) is 0 Å². The Hall–Kier alpha value is -6.73. The molecule has 16 nitrogen and oxygen atoms in total. The Morgan fingerprint density at radius 1 is 0.897 bits per heavy atom. The lowest BCUT2D eigenvalue weighted by atomic mass is 9.71. The maximum absolute atomic E-state index is 15.9. The summed E-state index contributed by atoms with van der Waals surface area (Å²) in [5, 5.41) is 27.0. The summed E-state index contributed by atoms with van der Waals surface area (Å²) in [4.78, 5) is 65.9. The van der Waals surface area contributed by atoms with Crippen LogP contribution in [0.1, 0.15) is 68.8 Å². The molecule has 352 valence electrons. The number of benzene rings is 3. The lowest BCUT2D eigenvalue weighted by Crippen LogP contribution is -2.61. The number of carbonyl (C=O) groups excluding carboxylic acids is 4. The zero-order valence-corrected chi connectivity index (χ0v) is 38.1. The minimum atomic E-state index is -1.17. The van der Waals surface area contributed by atoms with Gasteiger partial charge >= 0.3 is 0 Å². The summed E-state index contributed by atoms with van der Waals surface area (Å²) >= 11 is 1.31. The van der Waals surface area contributed by atoms with Gasteiger partial charge in [0.25, 0.3) is 5.91 Å². The summed E-state index contributed by atoms with van der Waals surface area (Å²) in [5.41, 5.74) is 4.36. The minimum Gasteiger partial charge on any atom is -0.389 e. The van der Waals surface area contributed by atoms with Crippen molar-refractivity contribution in [2.45, 2.75) is 82.0 Å². The SMILES string of the molecule is O=C1CCC(Nc2ccc(N3CCC(O)(CC(=O)N4CCC5(CC4)CN(c4ccc(-c6cc(F)c7cn(C(C(=O)Nc8nccs8)c8ncn9c8CCC9)nc7c6)cc4)C5)CC3)c(F)c2)C(=O)N1. The van der Waals surface area contributed by atoms with E-state index < -0.39 is 35.2 Å². The van der Waals surface area contributed by atoms with E-state index in [1.54, 1.807) is 36.2 Å². The number of imide groups is 1. The lowest BCUT2D eigenvalue weighted by molar-refractivity contribution is -0.140. The quantitative estimate of drug-likeness (QED) is 0.114. The van der Waals surface area contributed by atoms with Gasteiger partial charge in [0, 0.05) is 92.5 Å². The number of aromatic nitrogens is 5. The van der Waals surface area contributed by atoms with Gasteiger partial charge in [0.2, 0.25) is 17.7 Å². The van der Waals surface area contributed by atoms with Crippen molar-refractivity contribution >= 4 is 68.1 Å². The maximum Gasteiger partial charge on any atom is 0.257 e. The summed E-state index contributed by atoms with van der Waals surface area (Å²) in [6.45, 7) is 4.61. The Balaban J connectivity index is 0.675. The number of hydrogen-bond acceptors (Lipinski definition) is 12. The molecule has 4 saturated heterocycles. The summed E-state index contributed by atoms with van der Waals surface area (Å²) in [6, 6.07) is 14.6. The van der Waals surface area contributed by atoms with Gasteiger partial charge in [-0.1, -0.05) is 12.1 Å². The van der Waals surface area contributed by atoms with Crippen LogP contribution >= 0.6 is 11.3 Å². The summed E-state index contributed by atoms with van der Waals surface area (Å²) in [7, 11) is 0. The van der Waals surface area contributed by atoms with Crippen molar-refractivity contribution in [1.29, 1.82) is 0 Å². The number of imidazole rings is 1. The van der Waals surface area contributed by atoms with Gasteiger partial charge < -0.3 is 29.7 Å². The van der Waals surface area contributed by atoms with Gasteiger partial charge in [-0.05, 0) is 98.5 Å². The number of fused-ring (bicyclic) bond motifs is 2. The van der Waals surface area contributed by atoms with Gasteiger partial charge in [-0.15, -0.1) is 11.3 Å². The van der Waals surface area contributed by atoms with Crippen LogP contribution in [0.2, 0.25) is 0 Å². The van der Waals surface area contributed by atoms with E-state index in [9.17, 15) is 24.3 Å². The van der Waals surface area contributed by atoms with Gasteiger partial charge in [0.05, 0.1) is 40.6 Å². The van der Waals surface area contributed by atoms with E-state index in [-0.39, 0.29) is 36.0 Å². The number of carbonyl (C=O) groups is 4. The standard InChI is InChI=1S/C49H51F2N11O5S/c50-35-22-31(23-38-34(35)26-62(57-38)44(46(66)56-47-52-15-21-68-47)43-40-2-1-16-60(40)29-53-43)30-3-6-33(7-4-30)61-27-48(28-61)11-17-59(18-12-48)42(64)25-49(67)13-19-58(20-14-49)39-9-5-32(24-36(39)51)54-37-8-10-41(63)55-45(37)65/h3-7,9,15,21-24,26,29,37,44,54,67H,1-2,8,10-14,16-20,25,27-28H2,(H,52,56,66)(H,55,63,65). The average molecular weight is 944 g/mol. The van der Waals surface area contributed by atoms with E-state index in [2.05, 4.69) is 47.5 Å². The van der Waals surface area contributed by atoms with E-state index in [0.29, 0.717) is 84.1 Å². The molecule has 1 spiro atoms. The summed E-state index contributed by atoms with van der Waals surface area (Å²) in [6.07, 6.45) is 9.70. The Morgan fingerprint density at radius 3 is 2.43 bits per heavy atom. The smallest absolute Gasteiger partial charge is 0.257 e. The number of halogens is 2. The highest BCUT2D eigenvalue weighted by Gasteiger charge is 2.46. The van der Waals surface area contributed by atoms with Crippen molar-refractivity contribution in [2.24, 2.45) is 5.41 Å². The van der Waals surface area contributed by atoms with Crippen LogP contribution in [-0.4, -0.2) is 109 Å².